The third kappa shape index (κ3) is 4.59. The maximum absolute atomic E-state index is 11.6. The number of ether oxygens (including phenoxy) is 1. The smallest absolute Gasteiger partial charge is 0.250 e. The van der Waals surface area contributed by atoms with Gasteiger partial charge < -0.3 is 21.1 Å². The van der Waals surface area contributed by atoms with Crippen LogP contribution in [-0.2, 0) is 4.79 Å². The maximum Gasteiger partial charge on any atom is 0.250 e. The van der Waals surface area contributed by atoms with Crippen molar-refractivity contribution in [3.63, 3.8) is 0 Å². The van der Waals surface area contributed by atoms with Crippen molar-refractivity contribution in [1.82, 2.24) is 5.32 Å². The van der Waals surface area contributed by atoms with E-state index in [-0.39, 0.29) is 11.5 Å². The number of nitrogens with one attached hydrogen (secondary N) is 2. The number of carbonyl (C=O) groups is 2. The predicted molar refractivity (Wildman–Crippen MR) is 73.3 cm³/mol. The topological polar surface area (TPSA) is 93.4 Å². The first-order valence-corrected chi connectivity index (χ1v) is 6.09. The van der Waals surface area contributed by atoms with Gasteiger partial charge in [0.25, 0.3) is 5.91 Å². The standard InChI is InChI=1S/C13H19N3O3/c1-3-19-9-4-5-11(10(8-9)13(14)18)16-12(17)6-7-15-2/h4-5,8,15H,3,6-7H2,1-2H3,(H2,14,18)(H,16,17). The minimum atomic E-state index is -0.606. The van der Waals surface area contributed by atoms with Crippen molar-refractivity contribution in [2.24, 2.45) is 5.73 Å². The number of primary amides is 1. The Morgan fingerprint density at radius 3 is 2.68 bits per heavy atom. The van der Waals surface area contributed by atoms with Gasteiger partial charge in [0.2, 0.25) is 5.91 Å². The number of anilines is 1. The van der Waals surface area contributed by atoms with E-state index in [1.165, 1.54) is 6.07 Å². The van der Waals surface area contributed by atoms with Crippen molar-refractivity contribution in [3.05, 3.63) is 23.8 Å². The fourth-order valence-electron chi connectivity index (χ4n) is 1.54. The number of hydrogen-bond acceptors (Lipinski definition) is 4. The fourth-order valence-corrected chi connectivity index (χ4v) is 1.54. The molecule has 0 unspecified atom stereocenters. The zero-order chi connectivity index (χ0) is 14.3. The summed E-state index contributed by atoms with van der Waals surface area (Å²) in [7, 11) is 1.76. The van der Waals surface area contributed by atoms with Crippen LogP contribution in [0.3, 0.4) is 0 Å². The second-order valence-electron chi connectivity index (χ2n) is 3.91. The first-order valence-electron chi connectivity index (χ1n) is 6.09. The van der Waals surface area contributed by atoms with Gasteiger partial charge in [0.05, 0.1) is 17.9 Å². The highest BCUT2D eigenvalue weighted by Gasteiger charge is 2.12. The van der Waals surface area contributed by atoms with Gasteiger partial charge >= 0.3 is 0 Å². The van der Waals surface area contributed by atoms with Gasteiger partial charge in [0, 0.05) is 13.0 Å². The summed E-state index contributed by atoms with van der Waals surface area (Å²) in [6.07, 6.45) is 0.321. The summed E-state index contributed by atoms with van der Waals surface area (Å²) in [4.78, 5) is 23.0. The number of nitrogens with two attached hydrogens (primary N) is 1. The molecule has 104 valence electrons. The van der Waals surface area contributed by atoms with Crippen LogP contribution in [0.2, 0.25) is 0 Å². The summed E-state index contributed by atoms with van der Waals surface area (Å²) in [5.74, 6) is -0.240. The molecule has 1 rings (SSSR count). The van der Waals surface area contributed by atoms with Crippen LogP contribution in [0, 0.1) is 0 Å². The Morgan fingerprint density at radius 1 is 1.37 bits per heavy atom. The molecule has 0 saturated heterocycles. The van der Waals surface area contributed by atoms with Crippen LogP contribution in [-0.4, -0.2) is 32.0 Å². The average molecular weight is 265 g/mol. The van der Waals surface area contributed by atoms with E-state index in [4.69, 9.17) is 10.5 Å². The summed E-state index contributed by atoms with van der Waals surface area (Å²) < 4.78 is 5.29. The van der Waals surface area contributed by atoms with Crippen LogP contribution >= 0.6 is 0 Å². The van der Waals surface area contributed by atoms with Crippen molar-refractivity contribution in [2.75, 3.05) is 25.5 Å². The summed E-state index contributed by atoms with van der Waals surface area (Å²) in [5.41, 5.74) is 5.94. The van der Waals surface area contributed by atoms with Crippen LogP contribution in [0.25, 0.3) is 0 Å². The molecule has 0 fully saturated rings. The lowest BCUT2D eigenvalue weighted by Gasteiger charge is -2.11. The molecule has 0 atom stereocenters. The summed E-state index contributed by atoms with van der Waals surface area (Å²) in [6.45, 7) is 2.90. The van der Waals surface area contributed by atoms with E-state index in [1.807, 2.05) is 6.92 Å². The molecule has 0 saturated carbocycles. The number of rotatable bonds is 7. The molecule has 6 heteroatoms. The van der Waals surface area contributed by atoms with Gasteiger partial charge in [0.15, 0.2) is 0 Å². The molecule has 0 aliphatic heterocycles. The van der Waals surface area contributed by atoms with Gasteiger partial charge in [-0.1, -0.05) is 0 Å². The fraction of sp³-hybridized carbons (Fsp3) is 0.385. The molecule has 0 heterocycles. The predicted octanol–water partition coefficient (Wildman–Crippen LogP) is 0.732. The Labute approximate surface area is 112 Å². The summed E-state index contributed by atoms with van der Waals surface area (Å²) in [5, 5.41) is 5.54. The lowest BCUT2D eigenvalue weighted by Crippen LogP contribution is -2.21. The summed E-state index contributed by atoms with van der Waals surface area (Å²) >= 11 is 0. The normalized spacial score (nSPS) is 10.0. The molecule has 6 nitrogen and oxygen atoms in total. The molecule has 0 spiro atoms. The van der Waals surface area contributed by atoms with Crippen LogP contribution in [0.15, 0.2) is 18.2 Å². The highest BCUT2D eigenvalue weighted by Crippen LogP contribution is 2.22. The third-order valence-corrected chi connectivity index (χ3v) is 2.44. The minimum absolute atomic E-state index is 0.180. The van der Waals surface area contributed by atoms with Gasteiger partial charge in [-0.05, 0) is 32.2 Å². The molecular weight excluding hydrogens is 246 g/mol. The van der Waals surface area contributed by atoms with E-state index < -0.39 is 5.91 Å². The molecule has 4 N–H and O–H groups in total. The zero-order valence-electron chi connectivity index (χ0n) is 11.2. The second kappa shape index (κ2) is 7.38. The molecule has 2 amide bonds. The summed E-state index contributed by atoms with van der Waals surface area (Å²) in [6, 6.07) is 4.82. The second-order valence-corrected chi connectivity index (χ2v) is 3.91. The van der Waals surface area contributed by atoms with Crippen LogP contribution in [0.5, 0.6) is 5.75 Å². The van der Waals surface area contributed by atoms with Gasteiger partial charge in [-0.3, -0.25) is 9.59 Å². The van der Waals surface area contributed by atoms with Gasteiger partial charge in [-0.15, -0.1) is 0 Å². The van der Waals surface area contributed by atoms with E-state index in [0.717, 1.165) is 0 Å². The van der Waals surface area contributed by atoms with Crippen molar-refractivity contribution in [3.8, 4) is 5.75 Å². The molecule has 1 aromatic carbocycles. The Balaban J connectivity index is 2.87. The van der Waals surface area contributed by atoms with Crippen molar-refractivity contribution < 1.29 is 14.3 Å². The van der Waals surface area contributed by atoms with E-state index in [2.05, 4.69) is 10.6 Å². The lowest BCUT2D eigenvalue weighted by molar-refractivity contribution is -0.116. The van der Waals surface area contributed by atoms with E-state index in [0.29, 0.717) is 31.0 Å². The van der Waals surface area contributed by atoms with Crippen LogP contribution in [0.4, 0.5) is 5.69 Å². The van der Waals surface area contributed by atoms with E-state index in [9.17, 15) is 9.59 Å². The molecule has 1 aromatic rings. The van der Waals surface area contributed by atoms with Crippen molar-refractivity contribution in [2.45, 2.75) is 13.3 Å². The lowest BCUT2D eigenvalue weighted by atomic mass is 10.1. The van der Waals surface area contributed by atoms with E-state index >= 15 is 0 Å². The van der Waals surface area contributed by atoms with Gasteiger partial charge in [-0.25, -0.2) is 0 Å². The number of carbonyl (C=O) groups excluding carboxylic acids is 2. The van der Waals surface area contributed by atoms with Crippen LogP contribution in [0.1, 0.15) is 23.7 Å². The highest BCUT2D eigenvalue weighted by molar-refractivity contribution is 6.03. The molecule has 0 aliphatic carbocycles. The van der Waals surface area contributed by atoms with Crippen LogP contribution < -0.4 is 21.1 Å². The van der Waals surface area contributed by atoms with Crippen molar-refractivity contribution >= 4 is 17.5 Å². The largest absolute Gasteiger partial charge is 0.494 e. The quantitative estimate of drug-likeness (QED) is 0.677. The molecule has 0 bridgehead atoms. The first kappa shape index (κ1) is 15.0. The Hall–Kier alpha value is -2.08. The molecule has 0 radical (unpaired) electrons. The number of hydrogen-bond donors (Lipinski definition) is 3. The number of amides is 2. The minimum Gasteiger partial charge on any atom is -0.494 e. The first-order chi connectivity index (χ1) is 9.08. The average Bonchev–Trinajstić information content (AvgIpc) is 2.38. The maximum atomic E-state index is 11.6. The number of benzene rings is 1. The monoisotopic (exact) mass is 265 g/mol. The highest BCUT2D eigenvalue weighted by atomic mass is 16.5. The molecular formula is C13H19N3O3. The Morgan fingerprint density at radius 2 is 2.11 bits per heavy atom. The van der Waals surface area contributed by atoms with Gasteiger partial charge in [0.1, 0.15) is 5.75 Å². The SMILES string of the molecule is CCOc1ccc(NC(=O)CCNC)c(C(N)=O)c1. The third-order valence-electron chi connectivity index (χ3n) is 2.44. The molecule has 19 heavy (non-hydrogen) atoms. The van der Waals surface area contributed by atoms with E-state index in [1.54, 1.807) is 19.2 Å². The molecule has 0 aliphatic rings. The Bertz CT molecular complexity index is 460. The van der Waals surface area contributed by atoms with Crippen molar-refractivity contribution in [1.29, 1.82) is 0 Å². The zero-order valence-corrected chi connectivity index (χ0v) is 11.2. The van der Waals surface area contributed by atoms with Gasteiger partial charge in [-0.2, -0.15) is 0 Å². The molecule has 0 aromatic heterocycles. The Kier molecular flexibility index (Phi) is 5.81.